The lowest BCUT2D eigenvalue weighted by atomic mass is 10.1. The minimum absolute atomic E-state index is 0.194. The highest BCUT2D eigenvalue weighted by atomic mass is 79.9. The quantitative estimate of drug-likeness (QED) is 0.345. The highest BCUT2D eigenvalue weighted by Crippen LogP contribution is 2.18. The van der Waals surface area contributed by atoms with E-state index in [1.807, 2.05) is 52.0 Å². The van der Waals surface area contributed by atoms with Gasteiger partial charge in [0.05, 0.1) is 0 Å². The fourth-order valence-electron chi connectivity index (χ4n) is 2.13. The smallest absolute Gasteiger partial charge is 0.233 e. The van der Waals surface area contributed by atoms with E-state index in [0.29, 0.717) is 30.6 Å². The predicted octanol–water partition coefficient (Wildman–Crippen LogP) is 3.23. The number of aliphatic hydroxyl groups excluding tert-OH is 1. The molecule has 2 aromatic rings. The molecule has 1 aromatic carbocycles. The van der Waals surface area contributed by atoms with Crippen LogP contribution in [0, 0.1) is 0 Å². The van der Waals surface area contributed by atoms with E-state index in [-0.39, 0.29) is 12.1 Å². The lowest BCUT2D eigenvalue weighted by molar-refractivity contribution is 0.0922. The Labute approximate surface area is 179 Å². The molecule has 158 valence electrons. The number of rotatable bonds is 11. The Balaban J connectivity index is 1.72. The number of nitrogens with zero attached hydrogens (tertiary/aromatic N) is 3. The van der Waals surface area contributed by atoms with E-state index in [9.17, 15) is 5.11 Å². The number of aromatic nitrogens is 2. The van der Waals surface area contributed by atoms with Gasteiger partial charge in [-0.1, -0.05) is 22.0 Å². The maximum atomic E-state index is 10.2. The van der Waals surface area contributed by atoms with Crippen molar-refractivity contribution < 1.29 is 14.6 Å². The molecule has 3 N–H and O–H groups in total. The van der Waals surface area contributed by atoms with Crippen molar-refractivity contribution in [2.24, 2.45) is 5.10 Å². The molecule has 2 rings (SSSR count). The number of halogens is 1. The minimum atomic E-state index is -0.652. The summed E-state index contributed by atoms with van der Waals surface area (Å²) in [5.41, 5.74) is 3.32. The summed E-state index contributed by atoms with van der Waals surface area (Å²) in [6, 6.07) is 11.0. The molecule has 0 aliphatic carbocycles. The summed E-state index contributed by atoms with van der Waals surface area (Å²) in [5, 5.41) is 25.5. The number of hydrogen-bond acceptors (Lipinski definition) is 8. The van der Waals surface area contributed by atoms with E-state index in [1.54, 1.807) is 12.1 Å². The molecule has 0 spiro atoms. The van der Waals surface area contributed by atoms with Crippen LogP contribution in [0.2, 0.25) is 0 Å². The normalized spacial score (nSPS) is 12.2. The average molecular weight is 466 g/mol. The van der Waals surface area contributed by atoms with Crippen LogP contribution >= 0.6 is 15.9 Å². The van der Waals surface area contributed by atoms with Crippen molar-refractivity contribution in [3.63, 3.8) is 0 Å². The first-order valence-corrected chi connectivity index (χ1v) is 10.1. The van der Waals surface area contributed by atoms with Crippen molar-refractivity contribution in [3.8, 4) is 11.6 Å². The van der Waals surface area contributed by atoms with Crippen LogP contribution in [-0.4, -0.2) is 52.4 Å². The maximum Gasteiger partial charge on any atom is 0.233 e. The summed E-state index contributed by atoms with van der Waals surface area (Å²) < 4.78 is 12.2. The minimum Gasteiger partial charge on any atom is -0.491 e. The molecule has 1 atom stereocenters. The third-order valence-electron chi connectivity index (χ3n) is 3.67. The highest BCUT2D eigenvalue weighted by Gasteiger charge is 2.20. The third kappa shape index (κ3) is 9.21. The zero-order valence-corrected chi connectivity index (χ0v) is 18.7. The molecule has 9 heteroatoms. The van der Waals surface area contributed by atoms with Crippen LogP contribution in [0.1, 0.15) is 27.7 Å². The molecule has 29 heavy (non-hydrogen) atoms. The van der Waals surface area contributed by atoms with Crippen molar-refractivity contribution in [1.29, 1.82) is 0 Å². The largest absolute Gasteiger partial charge is 0.491 e. The number of hydrogen-bond donors (Lipinski definition) is 3. The Kier molecular flexibility index (Phi) is 8.81. The first-order chi connectivity index (χ1) is 13.7. The second kappa shape index (κ2) is 11.1. The summed E-state index contributed by atoms with van der Waals surface area (Å²) in [5.74, 6) is 1.67. The van der Waals surface area contributed by atoms with Crippen LogP contribution in [0.25, 0.3) is 0 Å². The third-order valence-corrected chi connectivity index (χ3v) is 4.16. The molecule has 8 nitrogen and oxygen atoms in total. The van der Waals surface area contributed by atoms with Gasteiger partial charge < -0.3 is 19.9 Å². The number of aliphatic hydroxyl groups is 1. The standard InChI is InChI=1S/C20H28BrN5O3/c1-14(2)23-24-18-8-9-19(26-25-18)29-13-20(3,4)22-11-16(27)12-28-17-7-5-6-15(21)10-17/h5-10,16,22,27H,11-13H2,1-4H3,(H,24,25). The molecule has 0 radical (unpaired) electrons. The number of benzene rings is 1. The van der Waals surface area contributed by atoms with E-state index in [4.69, 9.17) is 9.47 Å². The Morgan fingerprint density at radius 1 is 1.21 bits per heavy atom. The molecule has 0 saturated carbocycles. The molecule has 0 amide bonds. The maximum absolute atomic E-state index is 10.2. The first-order valence-electron chi connectivity index (χ1n) is 9.28. The predicted molar refractivity (Wildman–Crippen MR) is 118 cm³/mol. The van der Waals surface area contributed by atoms with E-state index < -0.39 is 6.10 Å². The number of anilines is 1. The lowest BCUT2D eigenvalue weighted by Gasteiger charge is -2.27. The van der Waals surface area contributed by atoms with Gasteiger partial charge in [-0.15, -0.1) is 10.2 Å². The van der Waals surface area contributed by atoms with Crippen LogP contribution in [0.5, 0.6) is 11.6 Å². The van der Waals surface area contributed by atoms with Crippen LogP contribution < -0.4 is 20.2 Å². The molecule has 0 aliphatic heterocycles. The second-order valence-electron chi connectivity index (χ2n) is 7.40. The zero-order chi connectivity index (χ0) is 21.3. The molecule has 1 heterocycles. The number of β-amino-alcohol motifs (C(OH)–C–C–N with tert-alkyl or cyclic N) is 1. The lowest BCUT2D eigenvalue weighted by Crippen LogP contribution is -2.48. The van der Waals surface area contributed by atoms with Crippen LogP contribution in [0.4, 0.5) is 5.82 Å². The molecule has 0 saturated heterocycles. The Bertz CT molecular complexity index is 795. The van der Waals surface area contributed by atoms with Crippen molar-refractivity contribution in [3.05, 3.63) is 40.9 Å². The Morgan fingerprint density at radius 2 is 2.00 bits per heavy atom. The van der Waals surface area contributed by atoms with Crippen molar-refractivity contribution in [1.82, 2.24) is 15.5 Å². The molecule has 0 fully saturated rings. The van der Waals surface area contributed by atoms with Gasteiger partial charge in [0, 0.05) is 28.3 Å². The van der Waals surface area contributed by atoms with Crippen molar-refractivity contribution in [2.45, 2.75) is 39.3 Å². The molecule has 0 aliphatic rings. The molecule has 1 unspecified atom stereocenters. The topological polar surface area (TPSA) is 101 Å². The summed E-state index contributed by atoms with van der Waals surface area (Å²) in [4.78, 5) is 0. The Morgan fingerprint density at radius 3 is 2.66 bits per heavy atom. The number of ether oxygens (including phenoxy) is 2. The summed E-state index contributed by atoms with van der Waals surface area (Å²) in [6.45, 7) is 8.66. The molecule has 0 bridgehead atoms. The monoisotopic (exact) mass is 465 g/mol. The average Bonchev–Trinajstić information content (AvgIpc) is 2.68. The van der Waals surface area contributed by atoms with E-state index in [0.717, 1.165) is 10.2 Å². The fourth-order valence-corrected chi connectivity index (χ4v) is 2.51. The Hall–Kier alpha value is -2.23. The summed E-state index contributed by atoms with van der Waals surface area (Å²) >= 11 is 3.39. The summed E-state index contributed by atoms with van der Waals surface area (Å²) in [7, 11) is 0. The van der Waals surface area contributed by atoms with Gasteiger partial charge in [-0.3, -0.25) is 5.43 Å². The van der Waals surface area contributed by atoms with Gasteiger partial charge in [0.2, 0.25) is 5.88 Å². The molecular weight excluding hydrogens is 438 g/mol. The second-order valence-corrected chi connectivity index (χ2v) is 8.32. The summed E-state index contributed by atoms with van der Waals surface area (Å²) in [6.07, 6.45) is -0.652. The SMILES string of the molecule is CC(C)=NNc1ccc(OCC(C)(C)NCC(O)COc2cccc(Br)c2)nn1. The van der Waals surface area contributed by atoms with Crippen molar-refractivity contribution in [2.75, 3.05) is 25.2 Å². The van der Waals surface area contributed by atoms with Gasteiger partial charge in [-0.25, -0.2) is 0 Å². The van der Waals surface area contributed by atoms with Gasteiger partial charge >= 0.3 is 0 Å². The van der Waals surface area contributed by atoms with Crippen LogP contribution in [-0.2, 0) is 0 Å². The van der Waals surface area contributed by atoms with Gasteiger partial charge in [0.15, 0.2) is 5.82 Å². The van der Waals surface area contributed by atoms with E-state index >= 15 is 0 Å². The molecular formula is C20H28BrN5O3. The highest BCUT2D eigenvalue weighted by molar-refractivity contribution is 9.10. The van der Waals surface area contributed by atoms with Gasteiger partial charge in [0.1, 0.15) is 25.1 Å². The molecule has 1 aromatic heterocycles. The van der Waals surface area contributed by atoms with Gasteiger partial charge in [-0.2, -0.15) is 5.10 Å². The van der Waals surface area contributed by atoms with E-state index in [2.05, 4.69) is 42.0 Å². The van der Waals surface area contributed by atoms with Crippen LogP contribution in [0.15, 0.2) is 46.0 Å². The number of hydrazone groups is 1. The first kappa shape index (κ1) is 23.1. The van der Waals surface area contributed by atoms with E-state index in [1.165, 1.54) is 0 Å². The fraction of sp³-hybridized carbons (Fsp3) is 0.450. The van der Waals surface area contributed by atoms with Gasteiger partial charge in [0.25, 0.3) is 0 Å². The van der Waals surface area contributed by atoms with Crippen molar-refractivity contribution >= 4 is 27.5 Å². The number of nitrogens with one attached hydrogen (secondary N) is 2. The van der Waals surface area contributed by atoms with Gasteiger partial charge in [-0.05, 0) is 52.0 Å². The zero-order valence-electron chi connectivity index (χ0n) is 17.1. The van der Waals surface area contributed by atoms with Crippen LogP contribution in [0.3, 0.4) is 0 Å².